The van der Waals surface area contributed by atoms with Crippen molar-refractivity contribution in [2.45, 2.75) is 6.54 Å². The van der Waals surface area contributed by atoms with E-state index >= 15 is 0 Å². The Hall–Kier alpha value is -3.10. The number of carbonyl (C=O) groups is 1. The predicted molar refractivity (Wildman–Crippen MR) is 127 cm³/mol. The number of piperazine rings is 1. The Morgan fingerprint density at radius 2 is 1.61 bits per heavy atom. The lowest BCUT2D eigenvalue weighted by Crippen LogP contribution is -2.48. The molecule has 1 saturated heterocycles. The molecule has 176 valence electrons. The summed E-state index contributed by atoms with van der Waals surface area (Å²) in [5.41, 5.74) is 2.19. The number of aromatic nitrogens is 1. The van der Waals surface area contributed by atoms with Crippen LogP contribution < -0.4 is 18.9 Å². The molecule has 3 aromatic rings. The molecule has 1 amide bonds. The summed E-state index contributed by atoms with van der Waals surface area (Å²) in [4.78, 5) is 20.6. The van der Waals surface area contributed by atoms with Crippen LogP contribution in [0, 0.1) is 0 Å². The average Bonchev–Trinajstić information content (AvgIpc) is 3.28. The van der Waals surface area contributed by atoms with Crippen LogP contribution >= 0.6 is 11.6 Å². The molecule has 1 N–H and O–H groups in total. The highest BCUT2D eigenvalue weighted by atomic mass is 35.5. The molecule has 1 fully saturated rings. The van der Waals surface area contributed by atoms with Gasteiger partial charge in [0.25, 0.3) is 5.91 Å². The van der Waals surface area contributed by atoms with Crippen LogP contribution in [0.2, 0.25) is 5.02 Å². The molecule has 9 heteroatoms. The van der Waals surface area contributed by atoms with E-state index < -0.39 is 0 Å². The number of nitrogens with one attached hydrogen (secondary N) is 1. The van der Waals surface area contributed by atoms with Gasteiger partial charge in [0, 0.05) is 54.8 Å². The molecule has 1 aromatic heterocycles. The van der Waals surface area contributed by atoms with Gasteiger partial charge in [-0.25, -0.2) is 0 Å². The Morgan fingerprint density at radius 1 is 0.909 bits per heavy atom. The predicted octanol–water partition coefficient (Wildman–Crippen LogP) is 3.81. The summed E-state index contributed by atoms with van der Waals surface area (Å²) in [6.07, 6.45) is 0. The number of fused-ring (bicyclic) bond motifs is 1. The van der Waals surface area contributed by atoms with E-state index in [0.717, 1.165) is 29.8 Å². The van der Waals surface area contributed by atoms with Gasteiger partial charge in [0.1, 0.15) is 17.2 Å². The molecule has 8 nitrogen and oxygen atoms in total. The fraction of sp³-hybridized carbons (Fsp3) is 0.375. The largest absolute Gasteiger partial charge is 0.496 e. The number of rotatable bonds is 7. The zero-order valence-corrected chi connectivity index (χ0v) is 20.0. The zero-order valence-electron chi connectivity index (χ0n) is 19.2. The highest BCUT2D eigenvalue weighted by Gasteiger charge is 2.26. The number of carbonyl (C=O) groups excluding carboxylic acids is 1. The minimum absolute atomic E-state index is 0.0609. The maximum Gasteiger partial charge on any atom is 0.270 e. The van der Waals surface area contributed by atoms with Gasteiger partial charge >= 0.3 is 0 Å². The number of amides is 1. The Morgan fingerprint density at radius 3 is 2.24 bits per heavy atom. The molecule has 0 aliphatic carbocycles. The number of hydrogen-bond acceptors (Lipinski definition) is 6. The van der Waals surface area contributed by atoms with Crippen LogP contribution in [0.1, 0.15) is 16.1 Å². The zero-order chi connectivity index (χ0) is 23.5. The van der Waals surface area contributed by atoms with Gasteiger partial charge in [0.05, 0.1) is 34.0 Å². The molecule has 33 heavy (non-hydrogen) atoms. The lowest BCUT2D eigenvalue weighted by Gasteiger charge is -2.34. The minimum atomic E-state index is -0.0609. The van der Waals surface area contributed by atoms with Crippen LogP contribution in [0.3, 0.4) is 0 Å². The van der Waals surface area contributed by atoms with E-state index in [9.17, 15) is 4.79 Å². The van der Waals surface area contributed by atoms with Crippen molar-refractivity contribution < 1.29 is 23.7 Å². The van der Waals surface area contributed by atoms with Crippen molar-refractivity contribution in [1.82, 2.24) is 14.8 Å². The first-order valence-corrected chi connectivity index (χ1v) is 11.0. The second-order valence-corrected chi connectivity index (χ2v) is 8.25. The molecule has 4 rings (SSSR count). The average molecular weight is 474 g/mol. The van der Waals surface area contributed by atoms with Crippen LogP contribution in [-0.2, 0) is 6.54 Å². The molecule has 0 bridgehead atoms. The van der Waals surface area contributed by atoms with Crippen molar-refractivity contribution in [1.29, 1.82) is 0 Å². The first kappa shape index (κ1) is 23.1. The van der Waals surface area contributed by atoms with Crippen molar-refractivity contribution in [2.75, 3.05) is 54.6 Å². The second-order valence-electron chi connectivity index (χ2n) is 7.81. The van der Waals surface area contributed by atoms with Gasteiger partial charge in [-0.15, -0.1) is 0 Å². The summed E-state index contributed by atoms with van der Waals surface area (Å²) < 4.78 is 21.9. The molecule has 0 radical (unpaired) electrons. The Labute approximate surface area is 197 Å². The van der Waals surface area contributed by atoms with Gasteiger partial charge in [-0.05, 0) is 24.3 Å². The van der Waals surface area contributed by atoms with Gasteiger partial charge in [0.15, 0.2) is 11.5 Å². The number of benzene rings is 2. The molecule has 0 atom stereocenters. The summed E-state index contributed by atoms with van der Waals surface area (Å²) in [5, 5.41) is 1.45. The molecular formula is C24H28ClN3O5. The van der Waals surface area contributed by atoms with Crippen molar-refractivity contribution in [3.05, 3.63) is 46.6 Å². The molecule has 2 heterocycles. The normalized spacial score (nSPS) is 14.4. The summed E-state index contributed by atoms with van der Waals surface area (Å²) >= 11 is 6.16. The number of methoxy groups -OCH3 is 4. The van der Waals surface area contributed by atoms with E-state index in [1.165, 1.54) is 0 Å². The van der Waals surface area contributed by atoms with E-state index in [0.29, 0.717) is 53.1 Å². The number of ether oxygens (including phenoxy) is 4. The molecular weight excluding hydrogens is 446 g/mol. The summed E-state index contributed by atoms with van der Waals surface area (Å²) in [6, 6.07) is 9.19. The van der Waals surface area contributed by atoms with E-state index in [1.807, 2.05) is 29.2 Å². The molecule has 1 aliphatic heterocycles. The van der Waals surface area contributed by atoms with E-state index in [1.54, 1.807) is 34.5 Å². The molecule has 0 spiro atoms. The summed E-state index contributed by atoms with van der Waals surface area (Å²) in [6.45, 7) is 3.46. The third-order valence-corrected chi connectivity index (χ3v) is 6.20. The van der Waals surface area contributed by atoms with Gasteiger partial charge in [-0.2, -0.15) is 0 Å². The van der Waals surface area contributed by atoms with Gasteiger partial charge in [-0.3, -0.25) is 9.69 Å². The number of nitrogens with zero attached hydrogens (tertiary/aromatic N) is 2. The highest BCUT2D eigenvalue weighted by Crippen LogP contribution is 2.41. The SMILES string of the molecule is COc1ccc(Cl)cc1CN1CCN(C(=O)c2cc3c(OC)cc(OC)c(OC)c3[nH]2)CC1. The monoisotopic (exact) mass is 473 g/mol. The van der Waals surface area contributed by atoms with Crippen LogP contribution in [0.15, 0.2) is 30.3 Å². The maximum atomic E-state index is 13.3. The third-order valence-electron chi connectivity index (χ3n) is 5.97. The highest BCUT2D eigenvalue weighted by molar-refractivity contribution is 6.30. The van der Waals surface area contributed by atoms with E-state index in [4.69, 9.17) is 30.5 Å². The smallest absolute Gasteiger partial charge is 0.270 e. The molecule has 0 unspecified atom stereocenters. The number of H-pyrrole nitrogens is 1. The first-order chi connectivity index (χ1) is 16.0. The Bertz CT molecular complexity index is 1150. The topological polar surface area (TPSA) is 76.3 Å². The minimum Gasteiger partial charge on any atom is -0.496 e. The van der Waals surface area contributed by atoms with Crippen LogP contribution in [0.5, 0.6) is 23.0 Å². The summed E-state index contributed by atoms with van der Waals surface area (Å²) in [5.74, 6) is 2.43. The quantitative estimate of drug-likeness (QED) is 0.562. The fourth-order valence-electron chi connectivity index (χ4n) is 4.24. The Balaban J connectivity index is 1.49. The molecule has 2 aromatic carbocycles. The first-order valence-electron chi connectivity index (χ1n) is 10.6. The lowest BCUT2D eigenvalue weighted by molar-refractivity contribution is 0.0622. The maximum absolute atomic E-state index is 13.3. The third kappa shape index (κ3) is 4.54. The van der Waals surface area contributed by atoms with E-state index in [2.05, 4.69) is 9.88 Å². The second kappa shape index (κ2) is 9.80. The lowest BCUT2D eigenvalue weighted by atomic mass is 10.1. The van der Waals surface area contributed by atoms with Crippen LogP contribution in [0.25, 0.3) is 10.9 Å². The summed E-state index contributed by atoms with van der Waals surface area (Å²) in [7, 11) is 6.38. The van der Waals surface area contributed by atoms with Gasteiger partial charge in [-0.1, -0.05) is 11.6 Å². The number of halogens is 1. The van der Waals surface area contributed by atoms with Crippen LogP contribution in [0.4, 0.5) is 0 Å². The van der Waals surface area contributed by atoms with Gasteiger partial charge < -0.3 is 28.8 Å². The Kier molecular flexibility index (Phi) is 6.85. The van der Waals surface area contributed by atoms with Crippen LogP contribution in [-0.4, -0.2) is 75.3 Å². The molecule has 1 aliphatic rings. The number of aromatic amines is 1. The van der Waals surface area contributed by atoms with Crippen molar-refractivity contribution in [2.24, 2.45) is 0 Å². The van der Waals surface area contributed by atoms with Crippen molar-refractivity contribution in [3.8, 4) is 23.0 Å². The number of hydrogen-bond donors (Lipinski definition) is 1. The van der Waals surface area contributed by atoms with E-state index in [-0.39, 0.29) is 5.91 Å². The van der Waals surface area contributed by atoms with Crippen molar-refractivity contribution in [3.63, 3.8) is 0 Å². The van der Waals surface area contributed by atoms with Crippen molar-refractivity contribution >= 4 is 28.4 Å². The fourth-order valence-corrected chi connectivity index (χ4v) is 4.44. The molecule has 0 saturated carbocycles. The van der Waals surface area contributed by atoms with Gasteiger partial charge in [0.2, 0.25) is 0 Å². The standard InChI is InChI=1S/C24H28ClN3O5/c1-30-19-6-5-16(25)11-15(19)14-27-7-9-28(10-8-27)24(29)18-12-17-20(31-2)13-21(32-3)23(33-4)22(17)26-18/h5-6,11-13,26H,7-10,14H2,1-4H3.